The zero-order valence-electron chi connectivity index (χ0n) is 8.63. The van der Waals surface area contributed by atoms with Crippen LogP contribution in [0.5, 0.6) is 0 Å². The van der Waals surface area contributed by atoms with E-state index >= 15 is 0 Å². The van der Waals surface area contributed by atoms with Gasteiger partial charge in [0.25, 0.3) is 0 Å². The van der Waals surface area contributed by atoms with Crippen molar-refractivity contribution in [2.45, 2.75) is 9.92 Å². The van der Waals surface area contributed by atoms with Crippen molar-refractivity contribution >= 4 is 17.7 Å². The fourth-order valence-corrected chi connectivity index (χ4v) is 2.15. The van der Waals surface area contributed by atoms with E-state index in [0.29, 0.717) is 9.92 Å². The summed E-state index contributed by atoms with van der Waals surface area (Å²) < 4.78 is 12.7. The number of aromatic nitrogens is 1. The third-order valence-corrected chi connectivity index (χ3v) is 3.06. The minimum absolute atomic E-state index is 0.212. The molecule has 0 aliphatic heterocycles. The van der Waals surface area contributed by atoms with Crippen LogP contribution in [0.3, 0.4) is 0 Å². The maximum atomic E-state index is 12.7. The van der Waals surface area contributed by atoms with E-state index in [1.54, 1.807) is 18.2 Å². The molecule has 0 aliphatic carbocycles. The van der Waals surface area contributed by atoms with Crippen molar-refractivity contribution in [1.82, 2.24) is 4.98 Å². The Morgan fingerprint density at radius 1 is 1.24 bits per heavy atom. The number of benzene rings is 1. The van der Waals surface area contributed by atoms with Gasteiger partial charge in [0.05, 0.1) is 11.8 Å². The summed E-state index contributed by atoms with van der Waals surface area (Å²) in [4.78, 5) is 15.4. The third-order valence-electron chi connectivity index (χ3n) is 2.03. The first-order valence-electron chi connectivity index (χ1n) is 4.78. The molecular formula is C12H8FNO2S. The zero-order chi connectivity index (χ0) is 12.3. The van der Waals surface area contributed by atoms with Crippen molar-refractivity contribution in [3.63, 3.8) is 0 Å². The van der Waals surface area contributed by atoms with E-state index in [0.717, 1.165) is 6.20 Å². The number of carboxylic acid groups (broad SMARTS) is 1. The van der Waals surface area contributed by atoms with Gasteiger partial charge in [-0.15, -0.1) is 0 Å². The van der Waals surface area contributed by atoms with Crippen LogP contribution in [0.25, 0.3) is 0 Å². The summed E-state index contributed by atoms with van der Waals surface area (Å²) in [5.41, 5.74) is 0.212. The van der Waals surface area contributed by atoms with Gasteiger partial charge in [-0.3, -0.25) is 0 Å². The molecule has 0 amide bonds. The Bertz CT molecular complexity index is 542. The van der Waals surface area contributed by atoms with Gasteiger partial charge in [-0.25, -0.2) is 14.2 Å². The van der Waals surface area contributed by atoms with Crippen LogP contribution in [-0.2, 0) is 0 Å². The summed E-state index contributed by atoms with van der Waals surface area (Å²) >= 11 is 1.19. The molecule has 0 bridgehead atoms. The summed E-state index contributed by atoms with van der Waals surface area (Å²) in [6.07, 6.45) is 1.10. The number of carboxylic acids is 1. The van der Waals surface area contributed by atoms with Crippen LogP contribution in [0.15, 0.2) is 52.5 Å². The highest BCUT2D eigenvalue weighted by atomic mass is 32.2. The number of halogens is 1. The van der Waals surface area contributed by atoms with E-state index in [9.17, 15) is 9.18 Å². The Labute approximate surface area is 101 Å². The Balaban J connectivity index is 2.30. The topological polar surface area (TPSA) is 50.2 Å². The molecule has 1 aromatic carbocycles. The summed E-state index contributed by atoms with van der Waals surface area (Å²) in [5.74, 6) is -1.41. The molecular weight excluding hydrogens is 241 g/mol. The van der Waals surface area contributed by atoms with Gasteiger partial charge in [-0.05, 0) is 24.3 Å². The van der Waals surface area contributed by atoms with Gasteiger partial charge in [0.15, 0.2) is 0 Å². The Hall–Kier alpha value is -1.88. The first kappa shape index (κ1) is 11.6. The summed E-state index contributed by atoms with van der Waals surface area (Å²) in [6.45, 7) is 0. The fourth-order valence-electron chi connectivity index (χ4n) is 1.27. The minimum Gasteiger partial charge on any atom is -0.478 e. The van der Waals surface area contributed by atoms with E-state index in [1.165, 1.54) is 30.0 Å². The molecule has 5 heteroatoms. The number of nitrogens with zero attached hydrogens (tertiary/aromatic N) is 1. The normalized spacial score (nSPS) is 10.2. The van der Waals surface area contributed by atoms with Gasteiger partial charge >= 0.3 is 5.97 Å². The second-order valence-corrected chi connectivity index (χ2v) is 4.28. The molecule has 86 valence electrons. The van der Waals surface area contributed by atoms with E-state index in [-0.39, 0.29) is 5.56 Å². The highest BCUT2D eigenvalue weighted by molar-refractivity contribution is 7.99. The molecule has 2 aromatic rings. The molecule has 17 heavy (non-hydrogen) atoms. The molecule has 0 unspecified atom stereocenters. The van der Waals surface area contributed by atoms with E-state index in [2.05, 4.69) is 4.98 Å². The Morgan fingerprint density at radius 2 is 2.00 bits per heavy atom. The van der Waals surface area contributed by atoms with Crippen LogP contribution in [0.4, 0.5) is 4.39 Å². The first-order valence-corrected chi connectivity index (χ1v) is 5.60. The summed E-state index contributed by atoms with van der Waals surface area (Å²) in [7, 11) is 0. The maximum Gasteiger partial charge on any atom is 0.336 e. The molecule has 1 N–H and O–H groups in total. The lowest BCUT2D eigenvalue weighted by molar-refractivity contribution is 0.0693. The number of hydrogen-bond acceptors (Lipinski definition) is 3. The molecule has 0 radical (unpaired) electrons. The number of aromatic carboxylic acids is 1. The molecule has 0 atom stereocenters. The largest absolute Gasteiger partial charge is 0.478 e. The Morgan fingerprint density at radius 3 is 2.65 bits per heavy atom. The Kier molecular flexibility index (Phi) is 3.39. The molecule has 0 fully saturated rings. The van der Waals surface area contributed by atoms with Gasteiger partial charge in [-0.1, -0.05) is 23.9 Å². The molecule has 2 rings (SSSR count). The zero-order valence-corrected chi connectivity index (χ0v) is 9.45. The van der Waals surface area contributed by atoms with E-state index in [1.807, 2.05) is 0 Å². The van der Waals surface area contributed by atoms with E-state index in [4.69, 9.17) is 5.11 Å². The number of rotatable bonds is 3. The number of hydrogen-bond donors (Lipinski definition) is 1. The lowest BCUT2D eigenvalue weighted by Gasteiger charge is -2.04. The van der Waals surface area contributed by atoms with Gasteiger partial charge in [0.1, 0.15) is 10.8 Å². The molecule has 3 nitrogen and oxygen atoms in total. The average molecular weight is 249 g/mol. The molecule has 1 aromatic heterocycles. The van der Waals surface area contributed by atoms with Crippen LogP contribution in [0.2, 0.25) is 0 Å². The van der Waals surface area contributed by atoms with Crippen molar-refractivity contribution < 1.29 is 14.3 Å². The van der Waals surface area contributed by atoms with Crippen molar-refractivity contribution in [3.8, 4) is 0 Å². The van der Waals surface area contributed by atoms with Crippen LogP contribution in [-0.4, -0.2) is 16.1 Å². The van der Waals surface area contributed by atoms with Crippen molar-refractivity contribution in [3.05, 3.63) is 54.0 Å². The minimum atomic E-state index is -0.991. The fraction of sp³-hybridized carbons (Fsp3) is 0. The third kappa shape index (κ3) is 2.82. The first-order chi connectivity index (χ1) is 8.16. The van der Waals surface area contributed by atoms with Crippen molar-refractivity contribution in [2.24, 2.45) is 0 Å². The van der Waals surface area contributed by atoms with Gasteiger partial charge < -0.3 is 5.11 Å². The van der Waals surface area contributed by atoms with Crippen molar-refractivity contribution in [1.29, 1.82) is 0 Å². The molecule has 0 spiro atoms. The van der Waals surface area contributed by atoms with Crippen LogP contribution < -0.4 is 0 Å². The van der Waals surface area contributed by atoms with E-state index < -0.39 is 11.8 Å². The highest BCUT2D eigenvalue weighted by Gasteiger charge is 2.10. The SMILES string of the molecule is O=C(O)c1ccccc1Sc1ccc(F)cn1. The molecule has 0 aliphatic rings. The summed E-state index contributed by atoms with van der Waals surface area (Å²) in [6, 6.07) is 9.43. The maximum absolute atomic E-state index is 12.7. The van der Waals surface area contributed by atoms with Gasteiger partial charge in [0, 0.05) is 4.90 Å². The predicted molar refractivity (Wildman–Crippen MR) is 61.7 cm³/mol. The van der Waals surface area contributed by atoms with Gasteiger partial charge in [0.2, 0.25) is 0 Å². The quantitative estimate of drug-likeness (QED) is 0.908. The second kappa shape index (κ2) is 4.97. The lowest BCUT2D eigenvalue weighted by Crippen LogP contribution is -1.98. The lowest BCUT2D eigenvalue weighted by atomic mass is 10.2. The molecule has 1 heterocycles. The highest BCUT2D eigenvalue weighted by Crippen LogP contribution is 2.28. The standard InChI is InChI=1S/C12H8FNO2S/c13-8-5-6-11(14-7-8)17-10-4-2-1-3-9(10)12(15)16/h1-7H,(H,15,16). The number of pyridine rings is 1. The predicted octanol–water partition coefficient (Wildman–Crippen LogP) is 3.07. The second-order valence-electron chi connectivity index (χ2n) is 3.22. The average Bonchev–Trinajstić information content (AvgIpc) is 2.32. The smallest absolute Gasteiger partial charge is 0.336 e. The molecule has 0 saturated heterocycles. The molecule has 0 saturated carbocycles. The van der Waals surface area contributed by atoms with Gasteiger partial charge in [-0.2, -0.15) is 0 Å². The summed E-state index contributed by atoms with van der Waals surface area (Å²) in [5, 5.41) is 9.55. The van der Waals surface area contributed by atoms with Crippen LogP contribution in [0, 0.1) is 5.82 Å². The number of carbonyl (C=O) groups is 1. The van der Waals surface area contributed by atoms with Crippen LogP contribution in [0.1, 0.15) is 10.4 Å². The van der Waals surface area contributed by atoms with Crippen molar-refractivity contribution in [2.75, 3.05) is 0 Å². The van der Waals surface area contributed by atoms with Crippen LogP contribution >= 0.6 is 11.8 Å². The monoisotopic (exact) mass is 249 g/mol.